The van der Waals surface area contributed by atoms with Crippen LogP contribution >= 0.6 is 0 Å². The Balaban J connectivity index is 2.09. The van der Waals surface area contributed by atoms with Crippen LogP contribution in [0.4, 0.5) is 0 Å². The number of benzene rings is 2. The van der Waals surface area contributed by atoms with E-state index >= 15 is 0 Å². The minimum atomic E-state index is -1.50. The van der Waals surface area contributed by atoms with E-state index in [1.54, 1.807) is 12.1 Å². The average molecular weight is 488 g/mol. The summed E-state index contributed by atoms with van der Waals surface area (Å²) in [5.74, 6) is -3.71. The number of hydrogen-bond donors (Lipinski definition) is 8. The van der Waals surface area contributed by atoms with Gasteiger partial charge < -0.3 is 42.1 Å². The minimum absolute atomic E-state index is 0.00342. The second-order valence-electron chi connectivity index (χ2n) is 7.71. The molecule has 9 N–H and O–H groups in total. The largest absolute Gasteiger partial charge is 0.508 e. The van der Waals surface area contributed by atoms with Crippen LogP contribution in [-0.2, 0) is 32.0 Å². The van der Waals surface area contributed by atoms with E-state index in [1.165, 1.54) is 36.4 Å². The number of aliphatic hydroxyl groups is 1. The monoisotopic (exact) mass is 488 g/mol. The predicted octanol–water partition coefficient (Wildman–Crippen LogP) is -1.63. The zero-order valence-corrected chi connectivity index (χ0v) is 18.7. The highest BCUT2D eigenvalue weighted by Crippen LogP contribution is 2.13. The van der Waals surface area contributed by atoms with Crippen molar-refractivity contribution in [3.8, 4) is 11.5 Å². The molecule has 0 aliphatic rings. The number of aliphatic carboxylic acids is 1. The number of phenolic OH excluding ortho intramolecular Hbond substituents is 2. The molecule has 0 unspecified atom stereocenters. The van der Waals surface area contributed by atoms with Crippen LogP contribution in [0.1, 0.15) is 11.1 Å². The fraction of sp³-hybridized carbons (Fsp3) is 0.304. The van der Waals surface area contributed by atoms with Gasteiger partial charge in [0.05, 0.1) is 13.2 Å². The molecule has 2 aromatic rings. The first-order valence-corrected chi connectivity index (χ1v) is 10.6. The van der Waals surface area contributed by atoms with Gasteiger partial charge in [0.25, 0.3) is 0 Å². The second-order valence-corrected chi connectivity index (χ2v) is 7.71. The SMILES string of the molecule is NCC(=O)N[C@@H](Cc1ccc(O)cc1)C(=O)N[C@@H](CO)C(=O)N[C@@H](Cc1ccc(O)cc1)C(=O)O. The summed E-state index contributed by atoms with van der Waals surface area (Å²) in [6, 6.07) is 7.59. The van der Waals surface area contributed by atoms with E-state index < -0.39 is 48.4 Å². The van der Waals surface area contributed by atoms with Crippen molar-refractivity contribution in [3.63, 3.8) is 0 Å². The van der Waals surface area contributed by atoms with E-state index in [9.17, 15) is 39.6 Å². The van der Waals surface area contributed by atoms with Crippen LogP contribution in [0, 0.1) is 0 Å². The Hall–Kier alpha value is -4.16. The molecule has 0 aliphatic heterocycles. The highest BCUT2D eigenvalue weighted by Gasteiger charge is 2.29. The van der Waals surface area contributed by atoms with Gasteiger partial charge in [0.15, 0.2) is 0 Å². The second kappa shape index (κ2) is 12.9. The summed E-state index contributed by atoms with van der Waals surface area (Å²) in [6.45, 7) is -1.22. The number of aromatic hydroxyl groups is 2. The van der Waals surface area contributed by atoms with Crippen molar-refractivity contribution in [1.82, 2.24) is 16.0 Å². The molecule has 0 radical (unpaired) electrons. The molecule has 0 heterocycles. The van der Waals surface area contributed by atoms with E-state index in [-0.39, 0.29) is 30.9 Å². The lowest BCUT2D eigenvalue weighted by molar-refractivity contribution is -0.142. The summed E-state index contributed by atoms with van der Waals surface area (Å²) in [5, 5.41) is 44.9. The van der Waals surface area contributed by atoms with Gasteiger partial charge in [-0.1, -0.05) is 24.3 Å². The molecule has 12 nitrogen and oxygen atoms in total. The predicted molar refractivity (Wildman–Crippen MR) is 123 cm³/mol. The first-order valence-electron chi connectivity index (χ1n) is 10.6. The molecule has 3 atom stereocenters. The van der Waals surface area contributed by atoms with Crippen LogP contribution in [0.3, 0.4) is 0 Å². The summed E-state index contributed by atoms with van der Waals surface area (Å²) in [5.41, 5.74) is 6.43. The lowest BCUT2D eigenvalue weighted by Crippen LogP contribution is -2.58. The lowest BCUT2D eigenvalue weighted by atomic mass is 10.0. The number of phenols is 2. The lowest BCUT2D eigenvalue weighted by Gasteiger charge is -2.23. The van der Waals surface area contributed by atoms with Crippen LogP contribution in [0.2, 0.25) is 0 Å². The van der Waals surface area contributed by atoms with Crippen LogP contribution in [-0.4, -0.2) is 75.4 Å². The molecule has 0 saturated heterocycles. The third-order valence-corrected chi connectivity index (χ3v) is 5.02. The Morgan fingerprint density at radius 1 is 0.714 bits per heavy atom. The van der Waals surface area contributed by atoms with E-state index in [0.717, 1.165) is 0 Å². The number of rotatable bonds is 12. The van der Waals surface area contributed by atoms with E-state index in [1.807, 2.05) is 0 Å². The fourth-order valence-corrected chi connectivity index (χ4v) is 3.14. The van der Waals surface area contributed by atoms with Crippen LogP contribution in [0.5, 0.6) is 11.5 Å². The zero-order valence-electron chi connectivity index (χ0n) is 18.7. The van der Waals surface area contributed by atoms with Gasteiger partial charge in [-0.3, -0.25) is 14.4 Å². The number of aliphatic hydroxyl groups excluding tert-OH is 1. The third kappa shape index (κ3) is 8.61. The van der Waals surface area contributed by atoms with Gasteiger partial charge in [0.1, 0.15) is 29.6 Å². The van der Waals surface area contributed by atoms with Crippen LogP contribution < -0.4 is 21.7 Å². The molecule has 0 fully saturated rings. The molecule has 0 aromatic heterocycles. The topological polar surface area (TPSA) is 211 Å². The van der Waals surface area contributed by atoms with E-state index in [0.29, 0.717) is 11.1 Å². The highest BCUT2D eigenvalue weighted by molar-refractivity contribution is 5.93. The molecule has 35 heavy (non-hydrogen) atoms. The van der Waals surface area contributed by atoms with Crippen molar-refractivity contribution in [2.45, 2.75) is 31.0 Å². The first kappa shape index (κ1) is 27.1. The molecule has 0 bridgehead atoms. The summed E-state index contributed by atoms with van der Waals surface area (Å²) in [4.78, 5) is 48.9. The minimum Gasteiger partial charge on any atom is -0.508 e. The highest BCUT2D eigenvalue weighted by atomic mass is 16.4. The number of hydrogen-bond acceptors (Lipinski definition) is 8. The molecule has 0 aliphatic carbocycles. The number of carboxylic acid groups (broad SMARTS) is 1. The van der Waals surface area contributed by atoms with Crippen molar-refractivity contribution in [2.24, 2.45) is 5.73 Å². The Labute approximate surface area is 200 Å². The first-order chi connectivity index (χ1) is 16.6. The number of carboxylic acids is 1. The standard InChI is InChI=1S/C23H28N4O8/c24-11-20(31)25-17(9-13-1-5-15(29)6-2-13)21(32)27-19(12-28)22(33)26-18(23(34)35)10-14-3-7-16(30)8-4-14/h1-8,17-19,28-30H,9-12,24H2,(H,25,31)(H,26,33)(H,27,32)(H,34,35)/t17-,18-,19-/m0/s1. The van der Waals surface area contributed by atoms with E-state index in [4.69, 9.17) is 5.73 Å². The molecular formula is C23H28N4O8. The third-order valence-electron chi connectivity index (χ3n) is 5.02. The maximum Gasteiger partial charge on any atom is 0.326 e. The van der Waals surface area contributed by atoms with Crippen molar-refractivity contribution in [2.75, 3.05) is 13.2 Å². The van der Waals surface area contributed by atoms with Gasteiger partial charge in [-0.15, -0.1) is 0 Å². The van der Waals surface area contributed by atoms with Gasteiger partial charge in [0, 0.05) is 12.8 Å². The van der Waals surface area contributed by atoms with Gasteiger partial charge >= 0.3 is 5.97 Å². The normalized spacial score (nSPS) is 13.2. The number of nitrogens with two attached hydrogens (primary N) is 1. The van der Waals surface area contributed by atoms with Crippen LogP contribution in [0.15, 0.2) is 48.5 Å². The molecular weight excluding hydrogens is 460 g/mol. The molecule has 0 spiro atoms. The average Bonchev–Trinajstić information content (AvgIpc) is 2.83. The van der Waals surface area contributed by atoms with Gasteiger partial charge in [-0.2, -0.15) is 0 Å². The summed E-state index contributed by atoms with van der Waals surface area (Å²) in [7, 11) is 0. The Morgan fingerprint density at radius 2 is 1.14 bits per heavy atom. The number of carbonyl (C=O) groups is 4. The van der Waals surface area contributed by atoms with Crippen molar-refractivity contribution < 1.29 is 39.6 Å². The Morgan fingerprint density at radius 3 is 1.57 bits per heavy atom. The number of carbonyl (C=O) groups excluding carboxylic acids is 3. The van der Waals surface area contributed by atoms with Gasteiger partial charge in [-0.25, -0.2) is 4.79 Å². The molecule has 0 saturated carbocycles. The van der Waals surface area contributed by atoms with Crippen LogP contribution in [0.25, 0.3) is 0 Å². The van der Waals surface area contributed by atoms with Gasteiger partial charge in [-0.05, 0) is 35.4 Å². The maximum absolute atomic E-state index is 12.8. The quantitative estimate of drug-likeness (QED) is 0.172. The smallest absolute Gasteiger partial charge is 0.326 e. The molecule has 3 amide bonds. The molecule has 12 heteroatoms. The summed E-state index contributed by atoms with van der Waals surface area (Å²) >= 11 is 0. The molecule has 2 rings (SSSR count). The molecule has 2 aromatic carbocycles. The van der Waals surface area contributed by atoms with Gasteiger partial charge in [0.2, 0.25) is 17.7 Å². The number of nitrogens with one attached hydrogen (secondary N) is 3. The van der Waals surface area contributed by atoms with E-state index in [2.05, 4.69) is 16.0 Å². The van der Waals surface area contributed by atoms with Crippen molar-refractivity contribution in [3.05, 3.63) is 59.7 Å². The van der Waals surface area contributed by atoms with Crippen molar-refractivity contribution in [1.29, 1.82) is 0 Å². The Kier molecular flexibility index (Phi) is 9.99. The zero-order chi connectivity index (χ0) is 26.0. The van der Waals surface area contributed by atoms with Crippen molar-refractivity contribution >= 4 is 23.7 Å². The molecule has 188 valence electrons. The summed E-state index contributed by atoms with van der Waals surface area (Å²) in [6.07, 6.45) is -0.111. The summed E-state index contributed by atoms with van der Waals surface area (Å²) < 4.78 is 0. The number of amides is 3. The Bertz CT molecular complexity index is 1030. The fourth-order valence-electron chi connectivity index (χ4n) is 3.14. The maximum atomic E-state index is 12.8.